The molecule has 1 aliphatic rings. The maximum atomic E-state index is 11.4. The van der Waals surface area contributed by atoms with Crippen molar-refractivity contribution in [1.29, 1.82) is 0 Å². The molecule has 0 aromatic heterocycles. The van der Waals surface area contributed by atoms with E-state index >= 15 is 0 Å². The predicted octanol–water partition coefficient (Wildman–Crippen LogP) is 0.683. The predicted molar refractivity (Wildman–Crippen MR) is 66.6 cm³/mol. The normalized spacial score (nSPS) is 27.9. The van der Waals surface area contributed by atoms with Gasteiger partial charge in [-0.15, -0.1) is 0 Å². The van der Waals surface area contributed by atoms with E-state index in [0.29, 0.717) is 12.0 Å². The van der Waals surface area contributed by atoms with Crippen LogP contribution in [-0.4, -0.2) is 52.8 Å². The molecular weight excluding hydrogens is 208 g/mol. The fraction of sp³-hybridized carbons (Fsp3) is 1.00. The molecule has 3 unspecified atom stereocenters. The number of nitrogens with zero attached hydrogens (tertiary/aromatic N) is 1. The molecule has 0 amide bonds. The molecular formula is C11H24N2OS. The zero-order valence-electron chi connectivity index (χ0n) is 10.3. The van der Waals surface area contributed by atoms with Gasteiger partial charge in [-0.3, -0.25) is 9.11 Å². The van der Waals surface area contributed by atoms with Crippen LogP contribution < -0.4 is 5.32 Å². The average Bonchev–Trinajstić information content (AvgIpc) is 2.18. The Hall–Kier alpha value is 0.0700. The summed E-state index contributed by atoms with van der Waals surface area (Å²) < 4.78 is 11.4. The first-order chi connectivity index (χ1) is 7.02. The van der Waals surface area contributed by atoms with Crippen molar-refractivity contribution in [2.75, 3.05) is 32.4 Å². The second-order valence-electron chi connectivity index (χ2n) is 4.82. The Morgan fingerprint density at radius 3 is 2.67 bits per heavy atom. The Bertz CT molecular complexity index is 221. The molecule has 0 saturated carbocycles. The highest BCUT2D eigenvalue weighted by Gasteiger charge is 2.26. The highest BCUT2D eigenvalue weighted by Crippen LogP contribution is 2.14. The molecule has 1 rings (SSSR count). The minimum atomic E-state index is -0.702. The van der Waals surface area contributed by atoms with Gasteiger partial charge in [0.15, 0.2) is 0 Å². The third kappa shape index (κ3) is 3.85. The first-order valence-electron chi connectivity index (χ1n) is 5.79. The van der Waals surface area contributed by atoms with Crippen LogP contribution in [0.4, 0.5) is 0 Å². The molecule has 0 spiro atoms. The molecule has 1 heterocycles. The summed E-state index contributed by atoms with van der Waals surface area (Å²) >= 11 is 0. The Morgan fingerprint density at radius 2 is 2.13 bits per heavy atom. The van der Waals surface area contributed by atoms with E-state index in [1.807, 2.05) is 0 Å². The van der Waals surface area contributed by atoms with Gasteiger partial charge in [-0.25, -0.2) is 0 Å². The van der Waals surface area contributed by atoms with Crippen LogP contribution in [0.1, 0.15) is 20.8 Å². The van der Waals surface area contributed by atoms with Crippen molar-refractivity contribution in [3.8, 4) is 0 Å². The van der Waals surface area contributed by atoms with Crippen LogP contribution in [0.3, 0.4) is 0 Å². The highest BCUT2D eigenvalue weighted by atomic mass is 32.2. The molecule has 0 radical (unpaired) electrons. The summed E-state index contributed by atoms with van der Waals surface area (Å²) in [6.07, 6.45) is 1.80. The lowest BCUT2D eigenvalue weighted by atomic mass is 10.0. The van der Waals surface area contributed by atoms with Gasteiger partial charge in [0.05, 0.1) is 0 Å². The molecule has 90 valence electrons. The quantitative estimate of drug-likeness (QED) is 0.774. The SMILES string of the molecule is CC(C)C1CNCCN1CC(C)S(C)=O. The topological polar surface area (TPSA) is 32.3 Å². The average molecular weight is 232 g/mol. The standard InChI is InChI=1S/C11H24N2OS/c1-9(2)11-7-12-5-6-13(11)8-10(3)15(4)14/h9-12H,5-8H2,1-4H3. The summed E-state index contributed by atoms with van der Waals surface area (Å²) in [5, 5.41) is 3.71. The maximum absolute atomic E-state index is 11.4. The van der Waals surface area contributed by atoms with Crippen LogP contribution in [-0.2, 0) is 10.8 Å². The monoisotopic (exact) mass is 232 g/mol. The first-order valence-corrected chi connectivity index (χ1v) is 7.41. The molecule has 3 nitrogen and oxygen atoms in total. The minimum Gasteiger partial charge on any atom is -0.314 e. The zero-order valence-corrected chi connectivity index (χ0v) is 11.1. The summed E-state index contributed by atoms with van der Waals surface area (Å²) in [6, 6.07) is 0.602. The van der Waals surface area contributed by atoms with Gasteiger partial charge in [0.1, 0.15) is 0 Å². The molecule has 0 aliphatic carbocycles. The first kappa shape index (κ1) is 13.1. The lowest BCUT2D eigenvalue weighted by Crippen LogP contribution is -2.55. The second-order valence-corrected chi connectivity index (χ2v) is 6.62. The maximum Gasteiger partial charge on any atom is 0.0444 e. The van der Waals surface area contributed by atoms with Crippen molar-refractivity contribution < 1.29 is 4.21 Å². The highest BCUT2D eigenvalue weighted by molar-refractivity contribution is 7.84. The van der Waals surface area contributed by atoms with Gasteiger partial charge in [0.25, 0.3) is 0 Å². The number of hydrogen-bond donors (Lipinski definition) is 1. The Morgan fingerprint density at radius 1 is 1.47 bits per heavy atom. The van der Waals surface area contributed by atoms with Crippen LogP contribution in [0, 0.1) is 5.92 Å². The summed E-state index contributed by atoms with van der Waals surface area (Å²) in [6.45, 7) is 10.8. The Kier molecular flexibility index (Phi) is 5.23. The van der Waals surface area contributed by atoms with Gasteiger partial charge < -0.3 is 5.32 Å². The molecule has 0 aromatic carbocycles. The number of hydrogen-bond acceptors (Lipinski definition) is 3. The van der Waals surface area contributed by atoms with Gasteiger partial charge in [-0.05, 0) is 12.8 Å². The molecule has 4 heteroatoms. The number of piperazine rings is 1. The second kappa shape index (κ2) is 5.97. The van der Waals surface area contributed by atoms with E-state index in [9.17, 15) is 4.21 Å². The van der Waals surface area contributed by atoms with Crippen molar-refractivity contribution in [3.63, 3.8) is 0 Å². The van der Waals surface area contributed by atoms with E-state index in [1.165, 1.54) is 0 Å². The lowest BCUT2D eigenvalue weighted by Gasteiger charge is -2.39. The van der Waals surface area contributed by atoms with E-state index in [2.05, 4.69) is 31.0 Å². The third-order valence-corrected chi connectivity index (χ3v) is 4.51. The van der Waals surface area contributed by atoms with Crippen LogP contribution in [0.25, 0.3) is 0 Å². The van der Waals surface area contributed by atoms with Crippen molar-refractivity contribution in [1.82, 2.24) is 10.2 Å². The molecule has 1 aliphatic heterocycles. The summed E-state index contributed by atoms with van der Waals surface area (Å²) in [5.41, 5.74) is 0. The van der Waals surface area contributed by atoms with E-state index in [0.717, 1.165) is 26.2 Å². The van der Waals surface area contributed by atoms with Gasteiger partial charge in [-0.2, -0.15) is 0 Å². The summed E-state index contributed by atoms with van der Waals surface area (Å²) in [5.74, 6) is 0.662. The fourth-order valence-electron chi connectivity index (χ4n) is 2.09. The zero-order chi connectivity index (χ0) is 11.4. The minimum absolute atomic E-state index is 0.282. The number of nitrogens with one attached hydrogen (secondary N) is 1. The van der Waals surface area contributed by atoms with Crippen LogP contribution >= 0.6 is 0 Å². The van der Waals surface area contributed by atoms with E-state index < -0.39 is 10.8 Å². The van der Waals surface area contributed by atoms with Crippen molar-refractivity contribution in [2.45, 2.75) is 32.1 Å². The fourth-order valence-corrected chi connectivity index (χ4v) is 2.49. The molecule has 3 atom stereocenters. The van der Waals surface area contributed by atoms with Gasteiger partial charge in [-0.1, -0.05) is 13.8 Å². The Labute approximate surface area is 96.1 Å². The van der Waals surface area contributed by atoms with Crippen molar-refractivity contribution in [3.05, 3.63) is 0 Å². The molecule has 1 fully saturated rings. The van der Waals surface area contributed by atoms with E-state index in [-0.39, 0.29) is 5.25 Å². The van der Waals surface area contributed by atoms with E-state index in [4.69, 9.17) is 0 Å². The lowest BCUT2D eigenvalue weighted by molar-refractivity contribution is 0.126. The van der Waals surface area contributed by atoms with Gasteiger partial charge >= 0.3 is 0 Å². The van der Waals surface area contributed by atoms with Crippen LogP contribution in [0.15, 0.2) is 0 Å². The molecule has 0 bridgehead atoms. The molecule has 15 heavy (non-hydrogen) atoms. The Balaban J connectivity index is 2.53. The molecule has 0 aromatic rings. The van der Waals surface area contributed by atoms with Crippen LogP contribution in [0.2, 0.25) is 0 Å². The number of rotatable bonds is 4. The van der Waals surface area contributed by atoms with Crippen molar-refractivity contribution >= 4 is 10.8 Å². The summed E-state index contributed by atoms with van der Waals surface area (Å²) in [4.78, 5) is 2.49. The van der Waals surface area contributed by atoms with E-state index in [1.54, 1.807) is 6.26 Å². The smallest absolute Gasteiger partial charge is 0.0444 e. The molecule has 1 N–H and O–H groups in total. The van der Waals surface area contributed by atoms with Gasteiger partial charge in [0, 0.05) is 54.5 Å². The largest absolute Gasteiger partial charge is 0.314 e. The third-order valence-electron chi connectivity index (χ3n) is 3.23. The molecule has 1 saturated heterocycles. The summed E-state index contributed by atoms with van der Waals surface area (Å²) in [7, 11) is -0.702. The van der Waals surface area contributed by atoms with Crippen molar-refractivity contribution in [2.24, 2.45) is 5.92 Å². The van der Waals surface area contributed by atoms with Gasteiger partial charge in [0.2, 0.25) is 0 Å². The van der Waals surface area contributed by atoms with Crippen LogP contribution in [0.5, 0.6) is 0 Å².